The molecule has 0 bridgehead atoms. The third-order valence-electron chi connectivity index (χ3n) is 4.78. The van der Waals surface area contributed by atoms with Crippen molar-refractivity contribution in [2.24, 2.45) is 0 Å². The molecule has 31 heavy (non-hydrogen) atoms. The number of hydrogen-bond donors (Lipinski definition) is 0. The first-order valence-electron chi connectivity index (χ1n) is 11.2. The van der Waals surface area contributed by atoms with Crippen LogP contribution in [0.2, 0.25) is 0 Å². The van der Waals surface area contributed by atoms with Crippen molar-refractivity contribution in [3.05, 3.63) is 42.1 Å². The first-order valence-corrected chi connectivity index (χ1v) is 11.2. The van der Waals surface area contributed by atoms with Gasteiger partial charge in [0.1, 0.15) is 17.2 Å². The lowest BCUT2D eigenvalue weighted by molar-refractivity contribution is -0.0735. The largest absolute Gasteiger partial charge is 0.468 e. The number of benzene rings is 1. The van der Waals surface area contributed by atoms with Crippen LogP contribution in [0.3, 0.4) is 0 Å². The minimum atomic E-state index is -0.616. The molecule has 0 saturated heterocycles. The van der Waals surface area contributed by atoms with E-state index in [4.69, 9.17) is 9.47 Å². The molecule has 0 atom stereocenters. The molecule has 0 radical (unpaired) electrons. The van der Waals surface area contributed by atoms with Crippen molar-refractivity contribution in [3.8, 4) is 23.1 Å². The molecule has 0 aliphatic rings. The van der Waals surface area contributed by atoms with Crippen LogP contribution in [0, 0.1) is 11.3 Å². The average molecular weight is 424 g/mol. The molecule has 1 heterocycles. The summed E-state index contributed by atoms with van der Waals surface area (Å²) in [5.74, 6) is 0.338. The molecule has 0 unspecified atom stereocenters. The number of nitrogens with zero attached hydrogens (tertiary/aromatic N) is 3. The number of aromatic nitrogens is 1. The molecule has 0 aliphatic heterocycles. The summed E-state index contributed by atoms with van der Waals surface area (Å²) in [7, 11) is 0. The molecule has 2 rings (SSSR count). The fraction of sp³-hybridized carbons (Fsp3) is 0.538. The van der Waals surface area contributed by atoms with E-state index in [1.807, 2.05) is 40.7 Å². The molecular weight excluding hydrogens is 386 g/mol. The topological polar surface area (TPSA) is 58.4 Å². The molecule has 0 amide bonds. The molecule has 0 spiro atoms. The Morgan fingerprint density at radius 3 is 2.10 bits per heavy atom. The Morgan fingerprint density at radius 1 is 0.968 bits per heavy atom. The van der Waals surface area contributed by atoms with E-state index in [9.17, 15) is 5.26 Å². The maximum Gasteiger partial charge on any atom is 0.232 e. The Morgan fingerprint density at radius 2 is 1.58 bits per heavy atom. The Labute approximate surface area is 188 Å². The van der Waals surface area contributed by atoms with Crippen LogP contribution in [0.25, 0.3) is 11.1 Å². The van der Waals surface area contributed by atoms with E-state index in [-0.39, 0.29) is 5.60 Å². The van der Waals surface area contributed by atoms with Crippen LogP contribution in [-0.2, 0) is 4.74 Å². The van der Waals surface area contributed by atoms with Gasteiger partial charge >= 0.3 is 0 Å². The highest BCUT2D eigenvalue weighted by Crippen LogP contribution is 2.32. The van der Waals surface area contributed by atoms with Gasteiger partial charge in [-0.1, -0.05) is 26.0 Å². The van der Waals surface area contributed by atoms with Gasteiger partial charge in [0.25, 0.3) is 0 Å². The molecule has 5 heteroatoms. The standard InChI is InChI=1S/C26H37N3O2/c1-8-16-29(17-9-2)21-12-10-20(11-13-21)22-14-15-28-24(23(22)18-27)31-26(6,7)19-30-25(3,4)5/h10-15H,8-9,16-17,19H2,1-7H3. The Kier molecular flexibility index (Phi) is 8.47. The van der Waals surface area contributed by atoms with Crippen LogP contribution in [-0.4, -0.2) is 35.9 Å². The Balaban J connectivity index is 2.30. The number of anilines is 1. The van der Waals surface area contributed by atoms with Crippen LogP contribution in [0.4, 0.5) is 5.69 Å². The van der Waals surface area contributed by atoms with E-state index in [0.29, 0.717) is 18.1 Å². The molecule has 0 N–H and O–H groups in total. The molecule has 0 fully saturated rings. The maximum atomic E-state index is 9.89. The van der Waals surface area contributed by atoms with Crippen LogP contribution in [0.15, 0.2) is 36.5 Å². The summed E-state index contributed by atoms with van der Waals surface area (Å²) in [6, 6.07) is 12.6. The van der Waals surface area contributed by atoms with Gasteiger partial charge in [-0.3, -0.25) is 0 Å². The lowest BCUT2D eigenvalue weighted by Crippen LogP contribution is -2.38. The predicted octanol–water partition coefficient (Wildman–Crippen LogP) is 6.22. The highest BCUT2D eigenvalue weighted by Gasteiger charge is 2.26. The first-order chi connectivity index (χ1) is 14.6. The van der Waals surface area contributed by atoms with Crippen molar-refractivity contribution in [3.63, 3.8) is 0 Å². The zero-order valence-corrected chi connectivity index (χ0v) is 20.2. The summed E-state index contributed by atoms with van der Waals surface area (Å²) in [5, 5.41) is 9.89. The predicted molar refractivity (Wildman–Crippen MR) is 128 cm³/mol. The van der Waals surface area contributed by atoms with Gasteiger partial charge in [0.05, 0.1) is 12.2 Å². The molecule has 0 aliphatic carbocycles. The zero-order chi connectivity index (χ0) is 23.1. The van der Waals surface area contributed by atoms with Crippen LogP contribution < -0.4 is 9.64 Å². The Hall–Kier alpha value is -2.58. The number of nitriles is 1. The molecule has 0 saturated carbocycles. The normalized spacial score (nSPS) is 11.8. The van der Waals surface area contributed by atoms with Crippen molar-refractivity contribution in [2.75, 3.05) is 24.6 Å². The van der Waals surface area contributed by atoms with Crippen molar-refractivity contribution in [1.82, 2.24) is 4.98 Å². The van der Waals surface area contributed by atoms with Crippen LogP contribution >= 0.6 is 0 Å². The SMILES string of the molecule is CCCN(CCC)c1ccc(-c2ccnc(OC(C)(C)COC(C)(C)C)c2C#N)cc1. The summed E-state index contributed by atoms with van der Waals surface area (Å²) < 4.78 is 12.0. The van der Waals surface area contributed by atoms with Gasteiger partial charge in [0.15, 0.2) is 0 Å². The Bertz CT molecular complexity index is 871. The summed E-state index contributed by atoms with van der Waals surface area (Å²) >= 11 is 0. The van der Waals surface area contributed by atoms with E-state index >= 15 is 0 Å². The molecule has 168 valence electrons. The molecule has 5 nitrogen and oxygen atoms in total. The zero-order valence-electron chi connectivity index (χ0n) is 20.2. The fourth-order valence-electron chi connectivity index (χ4n) is 3.31. The molecule has 1 aromatic heterocycles. The van der Waals surface area contributed by atoms with Crippen molar-refractivity contribution in [2.45, 2.75) is 72.5 Å². The fourth-order valence-corrected chi connectivity index (χ4v) is 3.31. The summed E-state index contributed by atoms with van der Waals surface area (Å²) in [6.07, 6.45) is 3.92. The second-order valence-corrected chi connectivity index (χ2v) is 9.45. The van der Waals surface area contributed by atoms with Crippen LogP contribution in [0.5, 0.6) is 5.88 Å². The second kappa shape index (κ2) is 10.6. The van der Waals surface area contributed by atoms with E-state index in [1.54, 1.807) is 6.20 Å². The van der Waals surface area contributed by atoms with Gasteiger partial charge in [-0.25, -0.2) is 4.98 Å². The quantitative estimate of drug-likeness (QED) is 0.454. The van der Waals surface area contributed by atoms with Crippen molar-refractivity contribution >= 4 is 5.69 Å². The van der Waals surface area contributed by atoms with Gasteiger partial charge in [-0.05, 0) is 71.2 Å². The third-order valence-corrected chi connectivity index (χ3v) is 4.78. The van der Waals surface area contributed by atoms with Gasteiger partial charge in [-0.15, -0.1) is 0 Å². The minimum absolute atomic E-state index is 0.265. The summed E-state index contributed by atoms with van der Waals surface area (Å²) in [4.78, 5) is 6.75. The highest BCUT2D eigenvalue weighted by molar-refractivity contribution is 5.73. The number of hydrogen-bond acceptors (Lipinski definition) is 5. The molecule has 1 aromatic carbocycles. The van der Waals surface area contributed by atoms with Gasteiger partial charge in [0, 0.05) is 30.5 Å². The highest BCUT2D eigenvalue weighted by atomic mass is 16.6. The van der Waals surface area contributed by atoms with Gasteiger partial charge in [0.2, 0.25) is 5.88 Å². The maximum absolute atomic E-state index is 9.89. The number of pyridine rings is 1. The lowest BCUT2D eigenvalue weighted by atomic mass is 10.0. The van der Waals surface area contributed by atoms with E-state index in [2.05, 4.69) is 54.1 Å². The first kappa shape index (κ1) is 24.7. The van der Waals surface area contributed by atoms with Gasteiger partial charge in [-0.2, -0.15) is 5.26 Å². The summed E-state index contributed by atoms with van der Waals surface area (Å²) in [5.41, 5.74) is 2.57. The van der Waals surface area contributed by atoms with E-state index in [0.717, 1.165) is 37.1 Å². The monoisotopic (exact) mass is 423 g/mol. The second-order valence-electron chi connectivity index (χ2n) is 9.45. The average Bonchev–Trinajstić information content (AvgIpc) is 2.71. The van der Waals surface area contributed by atoms with Crippen molar-refractivity contribution in [1.29, 1.82) is 5.26 Å². The van der Waals surface area contributed by atoms with Crippen LogP contribution in [0.1, 0.15) is 66.9 Å². The number of ether oxygens (including phenoxy) is 2. The lowest BCUT2D eigenvalue weighted by Gasteiger charge is -2.30. The van der Waals surface area contributed by atoms with Crippen molar-refractivity contribution < 1.29 is 9.47 Å². The molecule has 2 aromatic rings. The van der Waals surface area contributed by atoms with E-state index in [1.165, 1.54) is 5.69 Å². The smallest absolute Gasteiger partial charge is 0.232 e. The summed E-state index contributed by atoms with van der Waals surface area (Å²) in [6.45, 7) is 16.8. The minimum Gasteiger partial charge on any atom is -0.468 e. The third kappa shape index (κ3) is 7.25. The molecular formula is C26H37N3O2. The van der Waals surface area contributed by atoms with Gasteiger partial charge < -0.3 is 14.4 Å². The van der Waals surface area contributed by atoms with E-state index < -0.39 is 5.60 Å². The number of rotatable bonds is 10.